The van der Waals surface area contributed by atoms with Gasteiger partial charge in [-0.2, -0.15) is 0 Å². The van der Waals surface area contributed by atoms with Crippen molar-refractivity contribution in [1.82, 2.24) is 4.90 Å². The molecule has 3 rings (SSSR count). The monoisotopic (exact) mass is 359 g/mol. The summed E-state index contributed by atoms with van der Waals surface area (Å²) in [5, 5.41) is 2.81. The Kier molecular flexibility index (Phi) is 5.03. The van der Waals surface area contributed by atoms with E-state index in [1.807, 2.05) is 24.3 Å². The summed E-state index contributed by atoms with van der Waals surface area (Å²) in [6.07, 6.45) is 8.33. The van der Waals surface area contributed by atoms with Crippen LogP contribution in [0.5, 0.6) is 0 Å². The van der Waals surface area contributed by atoms with Crippen molar-refractivity contribution in [2.75, 3.05) is 17.6 Å². The Labute approximate surface area is 148 Å². The second-order valence-corrected chi connectivity index (χ2v) is 7.83. The number of nitrogens with zero attached hydrogens (tertiary/aromatic N) is 2. The van der Waals surface area contributed by atoms with E-state index in [-0.39, 0.29) is 23.1 Å². The van der Waals surface area contributed by atoms with Gasteiger partial charge in [0, 0.05) is 18.4 Å². The number of carbonyl (C=O) groups excluding carboxylic acids is 1. The molecule has 0 saturated carbocycles. The lowest BCUT2D eigenvalue weighted by molar-refractivity contribution is -0.112. The zero-order chi connectivity index (χ0) is 17.9. The van der Waals surface area contributed by atoms with Crippen LogP contribution < -0.4 is 5.32 Å². The normalized spacial score (nSPS) is 18.2. The van der Waals surface area contributed by atoms with Crippen LogP contribution in [0.1, 0.15) is 25.3 Å². The number of fused-ring (bicyclic) bond motifs is 1. The van der Waals surface area contributed by atoms with Gasteiger partial charge in [0.05, 0.1) is 11.3 Å². The van der Waals surface area contributed by atoms with Gasteiger partial charge in [-0.3, -0.25) is 4.79 Å². The molecule has 2 aliphatic heterocycles. The zero-order valence-corrected chi connectivity index (χ0v) is 14.9. The number of unbranched alkanes of at least 4 members (excludes halogenated alkanes) is 1. The molecule has 0 fully saturated rings. The van der Waals surface area contributed by atoms with Crippen molar-refractivity contribution in [2.24, 2.45) is 4.40 Å². The molecule has 1 amide bonds. The zero-order valence-electron chi connectivity index (χ0n) is 14.1. The number of hydrogen-bond donors (Lipinski definition) is 1. The fourth-order valence-electron chi connectivity index (χ4n) is 2.73. The maximum absolute atomic E-state index is 12.6. The largest absolute Gasteiger partial charge is 0.331 e. The van der Waals surface area contributed by atoms with Crippen LogP contribution in [0, 0.1) is 0 Å². The molecule has 0 saturated heterocycles. The molecule has 0 spiro atoms. The summed E-state index contributed by atoms with van der Waals surface area (Å²) in [5.74, 6) is -0.230. The number of nitrogens with one attached hydrogen (secondary N) is 1. The first-order chi connectivity index (χ1) is 12.0. The number of rotatable bonds is 5. The van der Waals surface area contributed by atoms with Gasteiger partial charge in [0.25, 0.3) is 15.9 Å². The van der Waals surface area contributed by atoms with Crippen molar-refractivity contribution in [3.8, 4) is 0 Å². The summed E-state index contributed by atoms with van der Waals surface area (Å²) >= 11 is 0. The summed E-state index contributed by atoms with van der Waals surface area (Å²) in [5.41, 5.74) is 2.15. The Hall–Kier alpha value is -2.41. The van der Waals surface area contributed by atoms with E-state index < -0.39 is 10.0 Å². The molecule has 1 N–H and O–H groups in total. The molecular weight excluding hydrogens is 338 g/mol. The summed E-state index contributed by atoms with van der Waals surface area (Å²) in [7, 11) is -3.52. The number of amides is 1. The van der Waals surface area contributed by atoms with Crippen molar-refractivity contribution in [3.63, 3.8) is 0 Å². The van der Waals surface area contributed by atoms with E-state index in [1.165, 1.54) is 5.56 Å². The van der Waals surface area contributed by atoms with Gasteiger partial charge in [0.2, 0.25) is 0 Å². The van der Waals surface area contributed by atoms with Crippen molar-refractivity contribution >= 4 is 27.5 Å². The van der Waals surface area contributed by atoms with Crippen LogP contribution in [0.25, 0.3) is 0 Å². The van der Waals surface area contributed by atoms with Crippen LogP contribution >= 0.6 is 0 Å². The van der Waals surface area contributed by atoms with Gasteiger partial charge in [-0.15, -0.1) is 4.40 Å². The van der Waals surface area contributed by atoms with E-state index in [1.54, 1.807) is 23.3 Å². The molecule has 2 aliphatic rings. The van der Waals surface area contributed by atoms with E-state index in [2.05, 4.69) is 16.6 Å². The highest BCUT2D eigenvalue weighted by Gasteiger charge is 2.29. The highest BCUT2D eigenvalue weighted by atomic mass is 32.2. The van der Waals surface area contributed by atoms with Gasteiger partial charge in [-0.05, 0) is 42.7 Å². The molecule has 25 heavy (non-hydrogen) atoms. The van der Waals surface area contributed by atoms with Gasteiger partial charge in [0.1, 0.15) is 0 Å². The van der Waals surface area contributed by atoms with E-state index in [0.29, 0.717) is 12.2 Å². The lowest BCUT2D eigenvalue weighted by Crippen LogP contribution is -2.40. The van der Waals surface area contributed by atoms with Crippen molar-refractivity contribution in [3.05, 3.63) is 53.8 Å². The van der Waals surface area contributed by atoms with Crippen molar-refractivity contribution in [1.29, 1.82) is 0 Å². The lowest BCUT2D eigenvalue weighted by atomic mass is 10.1. The minimum absolute atomic E-state index is 0.0467. The minimum Gasteiger partial charge on any atom is -0.331 e. The number of carbonyl (C=O) groups is 1. The van der Waals surface area contributed by atoms with Crippen LogP contribution in [0.15, 0.2) is 52.6 Å². The van der Waals surface area contributed by atoms with Gasteiger partial charge in [0.15, 0.2) is 5.84 Å². The van der Waals surface area contributed by atoms with Crippen LogP contribution in [0.3, 0.4) is 0 Å². The molecular formula is C18H21N3O3S. The highest BCUT2D eigenvalue weighted by molar-refractivity contribution is 7.90. The maximum Gasteiger partial charge on any atom is 0.259 e. The smallest absolute Gasteiger partial charge is 0.259 e. The summed E-state index contributed by atoms with van der Waals surface area (Å²) in [6, 6.07) is 7.71. The molecule has 0 bridgehead atoms. The molecule has 0 radical (unpaired) electrons. The van der Waals surface area contributed by atoms with Gasteiger partial charge >= 0.3 is 0 Å². The Bertz CT molecular complexity index is 852. The Balaban J connectivity index is 1.75. The van der Waals surface area contributed by atoms with Crippen molar-refractivity contribution in [2.45, 2.75) is 26.2 Å². The molecule has 7 heteroatoms. The van der Waals surface area contributed by atoms with Crippen molar-refractivity contribution < 1.29 is 13.2 Å². The third kappa shape index (κ3) is 4.17. The predicted octanol–water partition coefficient (Wildman–Crippen LogP) is 2.47. The molecule has 1 aromatic rings. The van der Waals surface area contributed by atoms with Crippen LogP contribution in [0.4, 0.5) is 5.69 Å². The fourth-order valence-corrected chi connectivity index (χ4v) is 3.71. The first-order valence-corrected chi connectivity index (χ1v) is 9.98. The third-order valence-corrected chi connectivity index (χ3v) is 5.28. The molecule has 2 heterocycles. The average molecular weight is 359 g/mol. The van der Waals surface area contributed by atoms with E-state index >= 15 is 0 Å². The summed E-state index contributed by atoms with van der Waals surface area (Å²) in [6.45, 7) is 2.45. The number of sulfonamides is 1. The van der Waals surface area contributed by atoms with Crippen LogP contribution in [-0.4, -0.2) is 37.4 Å². The molecule has 6 nitrogen and oxygen atoms in total. The molecule has 0 aromatic heterocycles. The predicted molar refractivity (Wildman–Crippen MR) is 98.8 cm³/mol. The molecule has 0 atom stereocenters. The third-order valence-electron chi connectivity index (χ3n) is 4.13. The van der Waals surface area contributed by atoms with Crippen LogP contribution in [-0.2, 0) is 21.2 Å². The van der Waals surface area contributed by atoms with Crippen LogP contribution in [0.2, 0.25) is 0 Å². The number of allylic oxidation sites excluding steroid dienone is 2. The fraction of sp³-hybridized carbons (Fsp3) is 0.333. The average Bonchev–Trinajstić information content (AvgIpc) is 2.60. The topological polar surface area (TPSA) is 78.8 Å². The Morgan fingerprint density at radius 3 is 2.76 bits per heavy atom. The Morgan fingerprint density at radius 2 is 2.04 bits per heavy atom. The summed E-state index contributed by atoms with van der Waals surface area (Å²) < 4.78 is 27.3. The van der Waals surface area contributed by atoms with E-state index in [4.69, 9.17) is 0 Å². The first kappa shape index (κ1) is 17.4. The minimum atomic E-state index is -3.52. The molecule has 0 aliphatic carbocycles. The second kappa shape index (κ2) is 7.23. The van der Waals surface area contributed by atoms with E-state index in [0.717, 1.165) is 19.3 Å². The summed E-state index contributed by atoms with van der Waals surface area (Å²) in [4.78, 5) is 14.3. The van der Waals surface area contributed by atoms with Gasteiger partial charge in [-0.25, -0.2) is 8.42 Å². The van der Waals surface area contributed by atoms with Gasteiger partial charge < -0.3 is 10.2 Å². The second-order valence-electron chi connectivity index (χ2n) is 6.07. The number of anilines is 1. The molecule has 0 unspecified atom stereocenters. The number of amidine groups is 1. The lowest BCUT2D eigenvalue weighted by Gasteiger charge is -2.28. The SMILES string of the molecule is CCCCc1ccc(NC(=O)C2=CC=CN3CCS(=O)(=O)N=C23)cc1. The maximum atomic E-state index is 12.6. The van der Waals surface area contributed by atoms with E-state index in [9.17, 15) is 13.2 Å². The quantitative estimate of drug-likeness (QED) is 0.876. The molecule has 1 aromatic carbocycles. The number of benzene rings is 1. The Morgan fingerprint density at radius 1 is 1.28 bits per heavy atom. The number of aryl methyl sites for hydroxylation is 1. The molecule has 132 valence electrons. The standard InChI is InChI=1S/C18H21N3O3S/c1-2-3-5-14-7-9-15(10-8-14)19-18(22)16-6-4-11-21-12-13-25(23,24)20-17(16)21/h4,6-11H,2-3,5,12-13H2,1H3,(H,19,22). The van der Waals surface area contributed by atoms with Gasteiger partial charge in [-0.1, -0.05) is 25.5 Å². The highest BCUT2D eigenvalue weighted by Crippen LogP contribution is 2.20. The number of hydrogen-bond acceptors (Lipinski definition) is 4. The first-order valence-electron chi connectivity index (χ1n) is 8.37.